The Balaban J connectivity index is 2.41. The van der Waals surface area contributed by atoms with E-state index in [0.29, 0.717) is 13.0 Å². The lowest BCUT2D eigenvalue weighted by atomic mass is 10.2. The second-order valence-electron chi connectivity index (χ2n) is 4.36. The first-order valence-electron chi connectivity index (χ1n) is 6.23. The highest BCUT2D eigenvalue weighted by molar-refractivity contribution is 5.87. The zero-order valence-electron chi connectivity index (χ0n) is 10.7. The van der Waals surface area contributed by atoms with Crippen LogP contribution in [0.4, 0.5) is 0 Å². The standard InChI is InChI=1S/C12H21N3O2/c1-3-10(2)13-14-11(16)9-15-8-6-4-5-7-12(15)17/h3-9H2,1-2H3,(H,14,16)/b13-10-. The molecule has 0 bridgehead atoms. The Morgan fingerprint density at radius 1 is 1.41 bits per heavy atom. The van der Waals surface area contributed by atoms with Gasteiger partial charge in [0.15, 0.2) is 0 Å². The molecule has 17 heavy (non-hydrogen) atoms. The van der Waals surface area contributed by atoms with Gasteiger partial charge in [0.1, 0.15) is 6.54 Å². The van der Waals surface area contributed by atoms with Gasteiger partial charge in [0.05, 0.1) is 0 Å². The first kappa shape index (κ1) is 13.7. The van der Waals surface area contributed by atoms with E-state index in [1.165, 1.54) is 0 Å². The van der Waals surface area contributed by atoms with Crippen LogP contribution < -0.4 is 5.43 Å². The van der Waals surface area contributed by atoms with Gasteiger partial charge in [0.25, 0.3) is 5.91 Å². The summed E-state index contributed by atoms with van der Waals surface area (Å²) in [5, 5.41) is 3.94. The number of amides is 2. The molecule has 2 amide bonds. The van der Waals surface area contributed by atoms with Gasteiger partial charge < -0.3 is 4.90 Å². The average molecular weight is 239 g/mol. The number of hydrazone groups is 1. The van der Waals surface area contributed by atoms with Crippen molar-refractivity contribution < 1.29 is 9.59 Å². The van der Waals surface area contributed by atoms with Crippen LogP contribution in [0.15, 0.2) is 5.10 Å². The highest BCUT2D eigenvalue weighted by atomic mass is 16.2. The summed E-state index contributed by atoms with van der Waals surface area (Å²) in [6, 6.07) is 0. The Bertz CT molecular complexity index is 313. The normalized spacial score (nSPS) is 17.9. The highest BCUT2D eigenvalue weighted by Crippen LogP contribution is 2.10. The van der Waals surface area contributed by atoms with Crippen LogP contribution >= 0.6 is 0 Å². The number of nitrogens with one attached hydrogen (secondary N) is 1. The van der Waals surface area contributed by atoms with Gasteiger partial charge in [-0.1, -0.05) is 13.3 Å². The number of likely N-dealkylation sites (tertiary alicyclic amines) is 1. The molecule has 5 heteroatoms. The molecule has 1 heterocycles. The predicted molar refractivity (Wildman–Crippen MR) is 66.6 cm³/mol. The lowest BCUT2D eigenvalue weighted by Gasteiger charge is -2.18. The molecule has 0 saturated carbocycles. The molecule has 0 spiro atoms. The highest BCUT2D eigenvalue weighted by Gasteiger charge is 2.18. The zero-order valence-corrected chi connectivity index (χ0v) is 10.7. The van der Waals surface area contributed by atoms with Crippen molar-refractivity contribution in [2.24, 2.45) is 5.10 Å². The maximum Gasteiger partial charge on any atom is 0.259 e. The minimum atomic E-state index is -0.215. The molecule has 0 atom stereocenters. The fourth-order valence-electron chi connectivity index (χ4n) is 1.65. The minimum absolute atomic E-state index is 0.0776. The summed E-state index contributed by atoms with van der Waals surface area (Å²) in [6.45, 7) is 4.64. The summed E-state index contributed by atoms with van der Waals surface area (Å²) in [5.41, 5.74) is 3.35. The quantitative estimate of drug-likeness (QED) is 0.593. The number of carbonyl (C=O) groups excluding carboxylic acids is 2. The molecular formula is C12H21N3O2. The monoisotopic (exact) mass is 239 g/mol. The molecule has 1 saturated heterocycles. The smallest absolute Gasteiger partial charge is 0.259 e. The fourth-order valence-corrected chi connectivity index (χ4v) is 1.65. The van der Waals surface area contributed by atoms with E-state index >= 15 is 0 Å². The van der Waals surface area contributed by atoms with Gasteiger partial charge in [0.2, 0.25) is 5.91 Å². The van der Waals surface area contributed by atoms with E-state index in [4.69, 9.17) is 0 Å². The third-order valence-electron chi connectivity index (χ3n) is 2.89. The Morgan fingerprint density at radius 2 is 2.18 bits per heavy atom. The molecule has 0 aliphatic carbocycles. The second-order valence-corrected chi connectivity index (χ2v) is 4.36. The first-order valence-corrected chi connectivity index (χ1v) is 6.23. The lowest BCUT2D eigenvalue weighted by molar-refractivity contribution is -0.135. The van der Waals surface area contributed by atoms with Gasteiger partial charge in [-0.05, 0) is 26.2 Å². The minimum Gasteiger partial charge on any atom is -0.333 e. The van der Waals surface area contributed by atoms with Crippen LogP contribution in [-0.4, -0.2) is 35.5 Å². The van der Waals surface area contributed by atoms with Crippen LogP contribution in [0.25, 0.3) is 0 Å². The van der Waals surface area contributed by atoms with Gasteiger partial charge >= 0.3 is 0 Å². The average Bonchev–Trinajstić information content (AvgIpc) is 2.52. The topological polar surface area (TPSA) is 61.8 Å². The Hall–Kier alpha value is -1.39. The molecule has 1 aliphatic heterocycles. The molecule has 1 fully saturated rings. The number of hydrogen-bond acceptors (Lipinski definition) is 3. The van der Waals surface area contributed by atoms with Crippen molar-refractivity contribution in [1.82, 2.24) is 10.3 Å². The summed E-state index contributed by atoms with van der Waals surface area (Å²) in [7, 11) is 0. The van der Waals surface area contributed by atoms with Crippen molar-refractivity contribution in [3.8, 4) is 0 Å². The molecule has 0 aromatic rings. The number of nitrogens with zero attached hydrogens (tertiary/aromatic N) is 2. The summed E-state index contributed by atoms with van der Waals surface area (Å²) >= 11 is 0. The summed E-state index contributed by atoms with van der Waals surface area (Å²) in [6.07, 6.45) is 4.35. The van der Waals surface area contributed by atoms with Crippen LogP contribution in [0.5, 0.6) is 0 Å². The Kier molecular flexibility index (Phi) is 5.66. The van der Waals surface area contributed by atoms with E-state index in [-0.39, 0.29) is 18.4 Å². The van der Waals surface area contributed by atoms with Crippen LogP contribution in [0, 0.1) is 0 Å². The second kappa shape index (κ2) is 7.04. The van der Waals surface area contributed by atoms with Crippen LogP contribution in [0.1, 0.15) is 46.0 Å². The van der Waals surface area contributed by atoms with Crippen LogP contribution in [-0.2, 0) is 9.59 Å². The van der Waals surface area contributed by atoms with E-state index in [0.717, 1.165) is 31.4 Å². The van der Waals surface area contributed by atoms with Gasteiger partial charge in [-0.3, -0.25) is 9.59 Å². The molecule has 1 aliphatic rings. The largest absolute Gasteiger partial charge is 0.333 e. The van der Waals surface area contributed by atoms with Crippen molar-refractivity contribution >= 4 is 17.5 Å². The van der Waals surface area contributed by atoms with Gasteiger partial charge in [-0.2, -0.15) is 5.10 Å². The van der Waals surface area contributed by atoms with Gasteiger partial charge in [-0.15, -0.1) is 0 Å². The van der Waals surface area contributed by atoms with E-state index in [1.807, 2.05) is 13.8 Å². The molecule has 1 rings (SSSR count). The zero-order chi connectivity index (χ0) is 12.7. The molecular weight excluding hydrogens is 218 g/mol. The van der Waals surface area contributed by atoms with Crippen LogP contribution in [0.2, 0.25) is 0 Å². The Labute approximate surface area is 102 Å². The van der Waals surface area contributed by atoms with Gasteiger partial charge in [0, 0.05) is 18.7 Å². The maximum atomic E-state index is 11.7. The molecule has 0 aromatic carbocycles. The first-order chi connectivity index (χ1) is 8.13. The third-order valence-corrected chi connectivity index (χ3v) is 2.89. The van der Waals surface area contributed by atoms with E-state index in [1.54, 1.807) is 4.90 Å². The van der Waals surface area contributed by atoms with Crippen molar-refractivity contribution in [3.05, 3.63) is 0 Å². The molecule has 0 unspecified atom stereocenters. The fraction of sp³-hybridized carbons (Fsp3) is 0.750. The lowest BCUT2D eigenvalue weighted by Crippen LogP contribution is -2.39. The summed E-state index contributed by atoms with van der Waals surface area (Å²) in [5.74, 6) is -0.137. The van der Waals surface area contributed by atoms with E-state index in [9.17, 15) is 9.59 Å². The van der Waals surface area contributed by atoms with Crippen molar-refractivity contribution in [2.75, 3.05) is 13.1 Å². The summed E-state index contributed by atoms with van der Waals surface area (Å²) < 4.78 is 0. The SMILES string of the molecule is CC/C(C)=N\NC(=O)CN1CCCCCC1=O. The van der Waals surface area contributed by atoms with Gasteiger partial charge in [-0.25, -0.2) is 5.43 Å². The van der Waals surface area contributed by atoms with E-state index in [2.05, 4.69) is 10.5 Å². The van der Waals surface area contributed by atoms with Crippen LogP contribution in [0.3, 0.4) is 0 Å². The Morgan fingerprint density at radius 3 is 2.88 bits per heavy atom. The van der Waals surface area contributed by atoms with Crippen molar-refractivity contribution in [1.29, 1.82) is 0 Å². The predicted octanol–water partition coefficient (Wildman–Crippen LogP) is 1.29. The molecule has 0 aromatic heterocycles. The van der Waals surface area contributed by atoms with E-state index < -0.39 is 0 Å². The molecule has 1 N–H and O–H groups in total. The van der Waals surface area contributed by atoms with Crippen molar-refractivity contribution in [3.63, 3.8) is 0 Å². The number of rotatable bonds is 4. The molecule has 0 radical (unpaired) electrons. The molecule has 5 nitrogen and oxygen atoms in total. The summed E-state index contributed by atoms with van der Waals surface area (Å²) in [4.78, 5) is 24.9. The third kappa shape index (κ3) is 4.97. The molecule has 96 valence electrons. The number of hydrogen-bond donors (Lipinski definition) is 1. The van der Waals surface area contributed by atoms with Crippen molar-refractivity contribution in [2.45, 2.75) is 46.0 Å². The number of carbonyl (C=O) groups is 2. The maximum absolute atomic E-state index is 11.7.